The third kappa shape index (κ3) is 4.72. The van der Waals surface area contributed by atoms with E-state index >= 15 is 0 Å². The monoisotopic (exact) mass is 210 g/mol. The molecule has 0 saturated heterocycles. The number of nitrogens with zero attached hydrogens (tertiary/aromatic N) is 1. The van der Waals surface area contributed by atoms with Crippen LogP contribution in [0.2, 0.25) is 0 Å². The average Bonchev–Trinajstić information content (AvgIpc) is 2.48. The molecule has 0 fully saturated rings. The van der Waals surface area contributed by atoms with Crippen molar-refractivity contribution in [3.05, 3.63) is 24.5 Å². The quantitative estimate of drug-likeness (QED) is 0.768. The Morgan fingerprint density at radius 1 is 1.23 bits per heavy atom. The van der Waals surface area contributed by atoms with E-state index in [1.165, 1.54) is 0 Å². The van der Waals surface area contributed by atoms with Gasteiger partial charge in [0.2, 0.25) is 0 Å². The number of thioether (sulfide) groups is 1. The number of aromatic nitrogens is 1. The van der Waals surface area contributed by atoms with E-state index in [4.69, 9.17) is 0 Å². The first-order valence-corrected chi connectivity index (χ1v) is 4.64. The Labute approximate surface area is 78.1 Å². The molecular weight excluding hydrogens is 201 g/mol. The van der Waals surface area contributed by atoms with Gasteiger partial charge in [0.05, 0.1) is 0 Å². The van der Waals surface area contributed by atoms with Crippen molar-refractivity contribution >= 4 is 11.8 Å². The zero-order chi connectivity index (χ0) is 9.73. The molecule has 13 heavy (non-hydrogen) atoms. The topological polar surface area (TPSA) is 17.0 Å². The number of hydrogen-bond acceptors (Lipinski definition) is 2. The molecule has 0 saturated carbocycles. The van der Waals surface area contributed by atoms with E-state index in [0.717, 1.165) is 0 Å². The summed E-state index contributed by atoms with van der Waals surface area (Å²) in [7, 11) is 0. The minimum absolute atomic E-state index is 0.0156. The van der Waals surface area contributed by atoms with Gasteiger partial charge in [-0.05, 0) is 23.9 Å². The van der Waals surface area contributed by atoms with Crippen LogP contribution in [0, 0.1) is 0 Å². The van der Waals surface area contributed by atoms with Gasteiger partial charge >= 0.3 is 5.51 Å². The standard InChI is InChI=1S/C7H9F3N2S/c8-7(9,10)13-6-3-11-12-4-1-2-5-12/h1-2,4-5,11H,3,6H2. The van der Waals surface area contributed by atoms with Crippen molar-refractivity contribution in [2.75, 3.05) is 17.7 Å². The maximum atomic E-state index is 11.6. The summed E-state index contributed by atoms with van der Waals surface area (Å²) in [6.45, 7) is 0.291. The van der Waals surface area contributed by atoms with Gasteiger partial charge < -0.3 is 5.43 Å². The molecule has 2 nitrogen and oxygen atoms in total. The largest absolute Gasteiger partial charge is 0.441 e. The highest BCUT2D eigenvalue weighted by Crippen LogP contribution is 2.29. The van der Waals surface area contributed by atoms with E-state index in [1.807, 2.05) is 0 Å². The second-order valence-corrected chi connectivity index (χ2v) is 3.45. The van der Waals surface area contributed by atoms with Crippen LogP contribution in [0.15, 0.2) is 24.5 Å². The fraction of sp³-hybridized carbons (Fsp3) is 0.429. The van der Waals surface area contributed by atoms with Crippen LogP contribution in [0.1, 0.15) is 0 Å². The highest BCUT2D eigenvalue weighted by Gasteiger charge is 2.27. The summed E-state index contributed by atoms with van der Waals surface area (Å²) in [5.41, 5.74) is -1.33. The Kier molecular flexibility index (Phi) is 3.53. The van der Waals surface area contributed by atoms with Crippen LogP contribution >= 0.6 is 11.8 Å². The second kappa shape index (κ2) is 4.45. The molecule has 0 aromatic carbocycles. The summed E-state index contributed by atoms with van der Waals surface area (Å²) in [6, 6.07) is 3.59. The van der Waals surface area contributed by atoms with Gasteiger partial charge in [0.15, 0.2) is 0 Å². The first kappa shape index (κ1) is 10.3. The minimum atomic E-state index is -4.13. The van der Waals surface area contributed by atoms with Crippen molar-refractivity contribution in [3.8, 4) is 0 Å². The number of halogens is 3. The molecule has 1 N–H and O–H groups in total. The molecule has 0 atom stereocenters. The van der Waals surface area contributed by atoms with Crippen molar-refractivity contribution in [2.24, 2.45) is 0 Å². The number of alkyl halides is 3. The second-order valence-electron chi connectivity index (χ2n) is 2.29. The molecule has 0 spiro atoms. The van der Waals surface area contributed by atoms with E-state index < -0.39 is 5.51 Å². The summed E-state index contributed by atoms with van der Waals surface area (Å²) in [4.78, 5) is 0. The predicted octanol–water partition coefficient (Wildman–Crippen LogP) is 2.28. The Morgan fingerprint density at radius 2 is 1.85 bits per heavy atom. The van der Waals surface area contributed by atoms with E-state index in [9.17, 15) is 13.2 Å². The maximum Gasteiger partial charge on any atom is 0.441 e. The molecule has 1 aromatic rings. The molecule has 1 heterocycles. The molecule has 0 aliphatic carbocycles. The number of rotatable bonds is 4. The van der Waals surface area contributed by atoms with Crippen LogP contribution in [0.4, 0.5) is 13.2 Å². The number of nitrogens with one attached hydrogen (secondary N) is 1. The van der Waals surface area contributed by atoms with Gasteiger partial charge in [-0.2, -0.15) is 13.2 Å². The van der Waals surface area contributed by atoms with Crippen LogP contribution < -0.4 is 5.43 Å². The van der Waals surface area contributed by atoms with E-state index in [-0.39, 0.29) is 17.5 Å². The lowest BCUT2D eigenvalue weighted by Crippen LogP contribution is -2.17. The average molecular weight is 210 g/mol. The first-order valence-electron chi connectivity index (χ1n) is 3.65. The normalized spacial score (nSPS) is 11.6. The highest BCUT2D eigenvalue weighted by molar-refractivity contribution is 8.00. The first-order chi connectivity index (χ1) is 6.08. The third-order valence-corrected chi connectivity index (χ3v) is 2.00. The van der Waals surface area contributed by atoms with Crippen molar-refractivity contribution in [3.63, 3.8) is 0 Å². The van der Waals surface area contributed by atoms with Crippen LogP contribution in [0.3, 0.4) is 0 Å². The summed E-state index contributed by atoms with van der Waals surface area (Å²) in [5.74, 6) is 0.0156. The van der Waals surface area contributed by atoms with Crippen LogP contribution in [0.25, 0.3) is 0 Å². The molecule has 0 amide bonds. The van der Waals surface area contributed by atoms with E-state index in [0.29, 0.717) is 6.54 Å². The summed E-state index contributed by atoms with van der Waals surface area (Å²) in [6.07, 6.45) is 3.47. The highest BCUT2D eigenvalue weighted by atomic mass is 32.2. The molecule has 6 heteroatoms. The molecular formula is C7H9F3N2S. The molecule has 74 valence electrons. The molecule has 1 rings (SSSR count). The number of hydrogen-bond donors (Lipinski definition) is 1. The lowest BCUT2D eigenvalue weighted by atomic mass is 10.7. The smallest absolute Gasteiger partial charge is 0.326 e. The molecule has 0 aliphatic rings. The van der Waals surface area contributed by atoms with Crippen molar-refractivity contribution in [2.45, 2.75) is 5.51 Å². The molecule has 0 unspecified atom stereocenters. The lowest BCUT2D eigenvalue weighted by molar-refractivity contribution is -0.0327. The zero-order valence-electron chi connectivity index (χ0n) is 6.71. The Hall–Kier alpha value is -0.780. The van der Waals surface area contributed by atoms with Crippen LogP contribution in [-0.2, 0) is 0 Å². The molecule has 1 aromatic heterocycles. The molecule has 0 bridgehead atoms. The van der Waals surface area contributed by atoms with E-state index in [2.05, 4.69) is 5.43 Å². The Morgan fingerprint density at radius 3 is 2.38 bits per heavy atom. The van der Waals surface area contributed by atoms with Gasteiger partial charge in [-0.15, -0.1) is 0 Å². The van der Waals surface area contributed by atoms with Crippen molar-refractivity contribution in [1.82, 2.24) is 4.68 Å². The Bertz CT molecular complexity index is 232. The predicted molar refractivity (Wildman–Crippen MR) is 47.2 cm³/mol. The fourth-order valence-electron chi connectivity index (χ4n) is 0.781. The van der Waals surface area contributed by atoms with Gasteiger partial charge in [-0.3, -0.25) is 4.68 Å². The van der Waals surface area contributed by atoms with Crippen molar-refractivity contribution in [1.29, 1.82) is 0 Å². The van der Waals surface area contributed by atoms with Gasteiger partial charge in [0.25, 0.3) is 0 Å². The minimum Gasteiger partial charge on any atom is -0.326 e. The lowest BCUT2D eigenvalue weighted by Gasteiger charge is -2.08. The third-order valence-electron chi connectivity index (χ3n) is 1.27. The fourth-order valence-corrected chi connectivity index (χ4v) is 1.21. The van der Waals surface area contributed by atoms with E-state index in [1.54, 1.807) is 29.2 Å². The van der Waals surface area contributed by atoms with Crippen LogP contribution in [0.5, 0.6) is 0 Å². The van der Waals surface area contributed by atoms with Gasteiger partial charge in [0.1, 0.15) is 0 Å². The van der Waals surface area contributed by atoms with Gasteiger partial charge in [0, 0.05) is 24.7 Å². The Balaban J connectivity index is 2.09. The SMILES string of the molecule is FC(F)(F)SCCNn1cccc1. The van der Waals surface area contributed by atoms with Crippen molar-refractivity contribution < 1.29 is 13.2 Å². The van der Waals surface area contributed by atoms with Crippen LogP contribution in [-0.4, -0.2) is 22.5 Å². The molecule has 0 radical (unpaired) electrons. The zero-order valence-corrected chi connectivity index (χ0v) is 7.53. The summed E-state index contributed by atoms with van der Waals surface area (Å²) >= 11 is -0.0204. The summed E-state index contributed by atoms with van der Waals surface area (Å²) in [5, 5.41) is 0. The summed E-state index contributed by atoms with van der Waals surface area (Å²) < 4.78 is 36.6. The molecule has 0 aliphatic heterocycles. The van der Waals surface area contributed by atoms with Gasteiger partial charge in [-0.1, -0.05) is 0 Å². The maximum absolute atomic E-state index is 11.6. The van der Waals surface area contributed by atoms with Gasteiger partial charge in [-0.25, -0.2) is 0 Å².